The molecule has 0 aromatic carbocycles. The van der Waals surface area contributed by atoms with E-state index in [1.54, 1.807) is 0 Å². The molecular formula is C18H32O3. The average molecular weight is 296 g/mol. The van der Waals surface area contributed by atoms with E-state index in [9.17, 15) is 4.79 Å². The summed E-state index contributed by atoms with van der Waals surface area (Å²) in [6.45, 7) is 2.25. The van der Waals surface area contributed by atoms with Crippen molar-refractivity contribution in [3.05, 3.63) is 12.2 Å². The number of allylic oxidation sites excluding steroid dienone is 2. The highest BCUT2D eigenvalue weighted by Gasteiger charge is 2.39. The molecule has 0 radical (unpaired) electrons. The Labute approximate surface area is 129 Å². The lowest BCUT2D eigenvalue weighted by Gasteiger charge is -1.98. The largest absolute Gasteiger partial charge is 0.481 e. The van der Waals surface area contributed by atoms with Crippen LogP contribution in [0.2, 0.25) is 0 Å². The Bertz CT molecular complexity index is 299. The second-order valence-electron chi connectivity index (χ2n) is 6.12. The van der Waals surface area contributed by atoms with Crippen LogP contribution in [-0.2, 0) is 9.53 Å². The monoisotopic (exact) mass is 296 g/mol. The fraction of sp³-hybridized carbons (Fsp3) is 0.833. The maximum atomic E-state index is 10.5. The molecule has 1 heterocycles. The first-order valence-corrected chi connectivity index (χ1v) is 8.76. The van der Waals surface area contributed by atoms with E-state index in [0.717, 1.165) is 19.3 Å². The Morgan fingerprint density at radius 3 is 2.24 bits per heavy atom. The Kier molecular flexibility index (Phi) is 10.2. The summed E-state index contributed by atoms with van der Waals surface area (Å²) in [7, 11) is 0. The minimum absolute atomic E-state index is 0.00856. The van der Waals surface area contributed by atoms with Crippen molar-refractivity contribution in [1.82, 2.24) is 0 Å². The third-order valence-corrected chi connectivity index (χ3v) is 4.06. The third-order valence-electron chi connectivity index (χ3n) is 4.06. The van der Waals surface area contributed by atoms with Crippen molar-refractivity contribution >= 4 is 5.97 Å². The van der Waals surface area contributed by atoms with Gasteiger partial charge in [0, 0.05) is 0 Å². The van der Waals surface area contributed by atoms with Gasteiger partial charge in [0.05, 0.1) is 18.6 Å². The normalized spacial score (nSPS) is 21.0. The van der Waals surface area contributed by atoms with Gasteiger partial charge in [0.1, 0.15) is 0 Å². The highest BCUT2D eigenvalue weighted by atomic mass is 16.6. The van der Waals surface area contributed by atoms with Crippen LogP contribution in [0.25, 0.3) is 0 Å². The van der Waals surface area contributed by atoms with Crippen molar-refractivity contribution < 1.29 is 14.6 Å². The van der Waals surface area contributed by atoms with Crippen molar-refractivity contribution in [1.29, 1.82) is 0 Å². The number of aliphatic carboxylic acids is 1. The Morgan fingerprint density at radius 2 is 1.57 bits per heavy atom. The number of hydrogen-bond donors (Lipinski definition) is 1. The maximum Gasteiger partial charge on any atom is 0.306 e. The molecule has 3 nitrogen and oxygen atoms in total. The van der Waals surface area contributed by atoms with E-state index in [1.165, 1.54) is 51.4 Å². The summed E-state index contributed by atoms with van der Waals surface area (Å²) in [5.41, 5.74) is 0. The standard InChI is InChI=1S/C18H32O3/c1-2-3-4-5-6-7-8-9-10-11-12-13-14-16-17(21-16)15-18(19)20/h9-10,16-17H,2-8,11-15H2,1H3,(H,19,20). The van der Waals surface area contributed by atoms with E-state index in [4.69, 9.17) is 9.84 Å². The number of unbranched alkanes of at least 4 members (excludes halogenated alkanes) is 8. The molecule has 3 heteroatoms. The molecule has 0 amide bonds. The smallest absolute Gasteiger partial charge is 0.306 e. The molecule has 1 N–H and O–H groups in total. The summed E-state index contributed by atoms with van der Waals surface area (Å²) in [4.78, 5) is 10.5. The molecule has 0 bridgehead atoms. The molecule has 122 valence electrons. The first-order chi connectivity index (χ1) is 10.2. The summed E-state index contributed by atoms with van der Waals surface area (Å²) < 4.78 is 5.33. The molecule has 1 fully saturated rings. The van der Waals surface area contributed by atoms with Crippen LogP contribution >= 0.6 is 0 Å². The third kappa shape index (κ3) is 10.5. The molecule has 0 aromatic heterocycles. The van der Waals surface area contributed by atoms with E-state index in [2.05, 4.69) is 19.1 Å². The number of rotatable bonds is 14. The van der Waals surface area contributed by atoms with Gasteiger partial charge in [-0.2, -0.15) is 0 Å². The van der Waals surface area contributed by atoms with Crippen LogP contribution in [0, 0.1) is 0 Å². The molecule has 1 saturated heterocycles. The zero-order chi connectivity index (χ0) is 15.3. The van der Waals surface area contributed by atoms with Crippen molar-refractivity contribution in [3.8, 4) is 0 Å². The number of carbonyl (C=O) groups is 1. The van der Waals surface area contributed by atoms with E-state index in [0.29, 0.717) is 0 Å². The maximum absolute atomic E-state index is 10.5. The minimum Gasteiger partial charge on any atom is -0.481 e. The van der Waals surface area contributed by atoms with Crippen molar-refractivity contribution in [2.24, 2.45) is 0 Å². The van der Waals surface area contributed by atoms with E-state index < -0.39 is 5.97 Å². The fourth-order valence-corrected chi connectivity index (χ4v) is 2.67. The quantitative estimate of drug-likeness (QED) is 0.276. The van der Waals surface area contributed by atoms with Crippen LogP contribution in [-0.4, -0.2) is 23.3 Å². The van der Waals surface area contributed by atoms with Crippen LogP contribution in [0.3, 0.4) is 0 Å². The summed E-state index contributed by atoms with van der Waals surface area (Å²) >= 11 is 0. The van der Waals surface area contributed by atoms with Crippen LogP contribution in [0.1, 0.15) is 84.0 Å². The lowest BCUT2D eigenvalue weighted by molar-refractivity contribution is -0.137. The zero-order valence-corrected chi connectivity index (χ0v) is 13.6. The summed E-state index contributed by atoms with van der Waals surface area (Å²) in [6.07, 6.45) is 18.9. The molecule has 0 aromatic rings. The lowest BCUT2D eigenvalue weighted by atomic mass is 10.1. The molecule has 1 rings (SSSR count). The number of hydrogen-bond acceptors (Lipinski definition) is 2. The molecular weight excluding hydrogens is 264 g/mol. The number of carboxylic acids is 1. The average Bonchev–Trinajstić information content (AvgIpc) is 3.17. The van der Waals surface area contributed by atoms with Crippen molar-refractivity contribution in [3.63, 3.8) is 0 Å². The Balaban J connectivity index is 1.78. The molecule has 2 atom stereocenters. The van der Waals surface area contributed by atoms with Gasteiger partial charge in [-0.1, -0.05) is 57.6 Å². The lowest BCUT2D eigenvalue weighted by Crippen LogP contribution is -2.02. The van der Waals surface area contributed by atoms with Crippen molar-refractivity contribution in [2.75, 3.05) is 0 Å². The molecule has 0 aliphatic carbocycles. The summed E-state index contributed by atoms with van der Waals surface area (Å²) in [5.74, 6) is -0.750. The van der Waals surface area contributed by atoms with Crippen LogP contribution in [0.4, 0.5) is 0 Å². The van der Waals surface area contributed by atoms with Gasteiger partial charge < -0.3 is 9.84 Å². The van der Waals surface area contributed by atoms with Crippen LogP contribution in [0.15, 0.2) is 12.2 Å². The van der Waals surface area contributed by atoms with Gasteiger partial charge in [0.25, 0.3) is 0 Å². The van der Waals surface area contributed by atoms with Crippen LogP contribution in [0.5, 0.6) is 0 Å². The zero-order valence-electron chi connectivity index (χ0n) is 13.6. The van der Waals surface area contributed by atoms with E-state index in [1.807, 2.05) is 0 Å². The highest BCUT2D eigenvalue weighted by molar-refractivity contribution is 5.67. The second kappa shape index (κ2) is 11.8. The number of ether oxygens (including phenoxy) is 1. The molecule has 1 aliphatic heterocycles. The topological polar surface area (TPSA) is 49.8 Å². The predicted molar refractivity (Wildman–Crippen MR) is 86.5 cm³/mol. The first-order valence-electron chi connectivity index (χ1n) is 8.76. The van der Waals surface area contributed by atoms with Crippen LogP contribution < -0.4 is 0 Å². The van der Waals surface area contributed by atoms with E-state index in [-0.39, 0.29) is 18.6 Å². The molecule has 0 spiro atoms. The molecule has 1 aliphatic rings. The van der Waals surface area contributed by atoms with Gasteiger partial charge in [-0.25, -0.2) is 0 Å². The van der Waals surface area contributed by atoms with Gasteiger partial charge in [-0.3, -0.25) is 4.79 Å². The molecule has 0 saturated carbocycles. The second-order valence-corrected chi connectivity index (χ2v) is 6.12. The van der Waals surface area contributed by atoms with Gasteiger partial charge in [0.2, 0.25) is 0 Å². The Morgan fingerprint density at radius 1 is 0.952 bits per heavy atom. The molecule has 2 unspecified atom stereocenters. The summed E-state index contributed by atoms with van der Waals surface area (Å²) in [6, 6.07) is 0. The first kappa shape index (κ1) is 18.2. The predicted octanol–water partition coefficient (Wildman–Crippen LogP) is 5.10. The van der Waals surface area contributed by atoms with Gasteiger partial charge in [-0.15, -0.1) is 0 Å². The van der Waals surface area contributed by atoms with Crippen molar-refractivity contribution in [2.45, 2.75) is 96.2 Å². The number of epoxide rings is 1. The molecule has 21 heavy (non-hydrogen) atoms. The Hall–Kier alpha value is -0.830. The van der Waals surface area contributed by atoms with Gasteiger partial charge >= 0.3 is 5.97 Å². The minimum atomic E-state index is -0.750. The van der Waals surface area contributed by atoms with Gasteiger partial charge in [-0.05, 0) is 32.1 Å². The SMILES string of the molecule is CCCCCCCCC=CCCCCC1OC1CC(=O)O. The highest BCUT2D eigenvalue weighted by Crippen LogP contribution is 2.29. The summed E-state index contributed by atoms with van der Waals surface area (Å²) in [5, 5.41) is 8.63. The fourth-order valence-electron chi connectivity index (χ4n) is 2.67. The number of carboxylic acid groups (broad SMARTS) is 1. The van der Waals surface area contributed by atoms with Gasteiger partial charge in [0.15, 0.2) is 0 Å². The van der Waals surface area contributed by atoms with E-state index >= 15 is 0 Å².